The number of aromatic nitrogens is 1. The van der Waals surface area contributed by atoms with Crippen LogP contribution in [-0.2, 0) is 5.60 Å². The van der Waals surface area contributed by atoms with Gasteiger partial charge in [0.05, 0.1) is 5.60 Å². The van der Waals surface area contributed by atoms with Crippen LogP contribution in [-0.4, -0.2) is 47.1 Å². The van der Waals surface area contributed by atoms with Crippen molar-refractivity contribution in [3.8, 4) is 11.1 Å². The van der Waals surface area contributed by atoms with E-state index in [1.807, 2.05) is 30.3 Å². The molecule has 0 aliphatic carbocycles. The van der Waals surface area contributed by atoms with Crippen LogP contribution in [0.15, 0.2) is 42.7 Å². The van der Waals surface area contributed by atoms with Crippen molar-refractivity contribution in [3.63, 3.8) is 0 Å². The number of carbonyl (C=O) groups excluding carboxylic acids is 1. The van der Waals surface area contributed by atoms with Crippen LogP contribution in [0.3, 0.4) is 0 Å². The molecule has 1 aliphatic heterocycles. The van der Waals surface area contributed by atoms with Crippen molar-refractivity contribution in [2.75, 3.05) is 26.2 Å². The van der Waals surface area contributed by atoms with Gasteiger partial charge in [0.1, 0.15) is 0 Å². The Labute approximate surface area is 161 Å². The molecular formula is C22H29N3O2. The molecule has 5 nitrogen and oxygen atoms in total. The fraction of sp³-hybridized carbons (Fsp3) is 0.455. The second-order valence-corrected chi connectivity index (χ2v) is 7.76. The molecule has 27 heavy (non-hydrogen) atoms. The van der Waals surface area contributed by atoms with E-state index in [2.05, 4.69) is 15.2 Å². The van der Waals surface area contributed by atoms with Gasteiger partial charge in [-0.1, -0.05) is 12.1 Å². The summed E-state index contributed by atoms with van der Waals surface area (Å²) in [6.45, 7) is 7.59. The summed E-state index contributed by atoms with van der Waals surface area (Å²) in [6.07, 6.45) is 6.98. The van der Waals surface area contributed by atoms with Gasteiger partial charge in [-0.05, 0) is 76.5 Å². The number of benzene rings is 1. The summed E-state index contributed by atoms with van der Waals surface area (Å²) in [5.74, 6) is -0.0510. The second-order valence-electron chi connectivity index (χ2n) is 7.76. The first-order valence-corrected chi connectivity index (χ1v) is 9.72. The van der Waals surface area contributed by atoms with Crippen LogP contribution in [0.5, 0.6) is 0 Å². The van der Waals surface area contributed by atoms with Crippen molar-refractivity contribution in [3.05, 3.63) is 53.9 Å². The molecule has 5 heteroatoms. The molecular weight excluding hydrogens is 338 g/mol. The molecule has 1 fully saturated rings. The zero-order valence-electron chi connectivity index (χ0n) is 16.2. The van der Waals surface area contributed by atoms with E-state index < -0.39 is 5.60 Å². The molecule has 2 heterocycles. The quantitative estimate of drug-likeness (QED) is 0.738. The van der Waals surface area contributed by atoms with Gasteiger partial charge in [0.2, 0.25) is 0 Å². The highest BCUT2D eigenvalue weighted by Gasteiger charge is 2.17. The van der Waals surface area contributed by atoms with Gasteiger partial charge in [0, 0.05) is 35.6 Å². The van der Waals surface area contributed by atoms with Crippen LogP contribution >= 0.6 is 0 Å². The molecule has 2 N–H and O–H groups in total. The fourth-order valence-electron chi connectivity index (χ4n) is 3.39. The minimum atomic E-state index is -0.951. The lowest BCUT2D eigenvalue weighted by molar-refractivity contribution is 0.0782. The highest BCUT2D eigenvalue weighted by atomic mass is 16.3. The molecule has 0 atom stereocenters. The average Bonchev–Trinajstić information content (AvgIpc) is 3.18. The molecule has 144 valence electrons. The zero-order chi connectivity index (χ0) is 19.3. The Kier molecular flexibility index (Phi) is 6.24. The monoisotopic (exact) mass is 367 g/mol. The van der Waals surface area contributed by atoms with Crippen molar-refractivity contribution < 1.29 is 9.90 Å². The third-order valence-electron chi connectivity index (χ3n) is 5.04. The van der Waals surface area contributed by atoms with Gasteiger partial charge in [-0.25, -0.2) is 0 Å². The van der Waals surface area contributed by atoms with Crippen LogP contribution in [0, 0.1) is 0 Å². The number of pyridine rings is 1. The summed E-state index contributed by atoms with van der Waals surface area (Å²) in [5, 5.41) is 13.2. The lowest BCUT2D eigenvalue weighted by Gasteiger charge is -2.18. The molecule has 0 unspecified atom stereocenters. The standard InChI is InChI=1S/C22H29N3O2/c1-22(2,27)20-14-19(15-23-16-20)17-7-5-8-18(13-17)21(26)24-9-6-12-25-10-3-4-11-25/h5,7-8,13-16,27H,3-4,6,9-12H2,1-2H3,(H,24,26). The van der Waals surface area contributed by atoms with Crippen molar-refractivity contribution in [1.29, 1.82) is 0 Å². The highest BCUT2D eigenvalue weighted by Crippen LogP contribution is 2.25. The van der Waals surface area contributed by atoms with Crippen LogP contribution in [0.1, 0.15) is 49.0 Å². The van der Waals surface area contributed by atoms with E-state index in [0.717, 1.165) is 29.7 Å². The van der Waals surface area contributed by atoms with Gasteiger partial charge < -0.3 is 15.3 Å². The van der Waals surface area contributed by atoms with Crippen LogP contribution < -0.4 is 5.32 Å². The topological polar surface area (TPSA) is 65.5 Å². The third kappa shape index (κ3) is 5.37. The van der Waals surface area contributed by atoms with Crippen LogP contribution in [0.4, 0.5) is 0 Å². The van der Waals surface area contributed by atoms with Crippen molar-refractivity contribution in [1.82, 2.24) is 15.2 Å². The number of nitrogens with one attached hydrogen (secondary N) is 1. The molecule has 0 spiro atoms. The van der Waals surface area contributed by atoms with E-state index in [-0.39, 0.29) is 5.91 Å². The molecule has 1 aromatic heterocycles. The lowest BCUT2D eigenvalue weighted by Crippen LogP contribution is -2.28. The van der Waals surface area contributed by atoms with Crippen LogP contribution in [0.2, 0.25) is 0 Å². The van der Waals surface area contributed by atoms with Crippen molar-refractivity contribution in [2.24, 2.45) is 0 Å². The molecule has 1 amide bonds. The Hall–Kier alpha value is -2.24. The number of hydrogen-bond acceptors (Lipinski definition) is 4. The van der Waals surface area contributed by atoms with E-state index in [0.29, 0.717) is 12.1 Å². The molecule has 1 saturated heterocycles. The van der Waals surface area contributed by atoms with Gasteiger partial charge in [-0.15, -0.1) is 0 Å². The van der Waals surface area contributed by atoms with Gasteiger partial charge in [-0.3, -0.25) is 9.78 Å². The van der Waals surface area contributed by atoms with Gasteiger partial charge in [-0.2, -0.15) is 0 Å². The SMILES string of the molecule is CC(C)(O)c1cncc(-c2cccc(C(=O)NCCCN3CCCC3)c2)c1. The number of rotatable bonds is 7. The predicted molar refractivity (Wildman–Crippen MR) is 108 cm³/mol. The summed E-state index contributed by atoms with van der Waals surface area (Å²) < 4.78 is 0. The number of aliphatic hydroxyl groups is 1. The van der Waals surface area contributed by atoms with Crippen molar-refractivity contribution >= 4 is 5.91 Å². The minimum absolute atomic E-state index is 0.0510. The highest BCUT2D eigenvalue weighted by molar-refractivity contribution is 5.95. The van der Waals surface area contributed by atoms with E-state index in [1.54, 1.807) is 26.2 Å². The zero-order valence-corrected chi connectivity index (χ0v) is 16.2. The molecule has 0 saturated carbocycles. The molecule has 0 radical (unpaired) electrons. The number of hydrogen-bond donors (Lipinski definition) is 2. The smallest absolute Gasteiger partial charge is 0.251 e. The van der Waals surface area contributed by atoms with E-state index in [4.69, 9.17) is 0 Å². The first-order chi connectivity index (χ1) is 12.9. The fourth-order valence-corrected chi connectivity index (χ4v) is 3.39. The summed E-state index contributed by atoms with van der Waals surface area (Å²) in [4.78, 5) is 19.2. The van der Waals surface area contributed by atoms with Crippen molar-refractivity contribution in [2.45, 2.75) is 38.7 Å². The molecule has 1 aromatic carbocycles. The molecule has 2 aromatic rings. The van der Waals surface area contributed by atoms with E-state index >= 15 is 0 Å². The first-order valence-electron chi connectivity index (χ1n) is 9.72. The third-order valence-corrected chi connectivity index (χ3v) is 5.04. The maximum Gasteiger partial charge on any atom is 0.251 e. The summed E-state index contributed by atoms with van der Waals surface area (Å²) in [7, 11) is 0. The van der Waals surface area contributed by atoms with Gasteiger partial charge >= 0.3 is 0 Å². The number of likely N-dealkylation sites (tertiary alicyclic amines) is 1. The number of amides is 1. The molecule has 1 aliphatic rings. The number of carbonyl (C=O) groups is 1. The van der Waals surface area contributed by atoms with Gasteiger partial charge in [0.15, 0.2) is 0 Å². The Morgan fingerprint density at radius 3 is 2.70 bits per heavy atom. The summed E-state index contributed by atoms with van der Waals surface area (Å²) >= 11 is 0. The Morgan fingerprint density at radius 1 is 1.19 bits per heavy atom. The summed E-state index contributed by atoms with van der Waals surface area (Å²) in [6, 6.07) is 9.45. The van der Waals surface area contributed by atoms with E-state index in [1.165, 1.54) is 25.9 Å². The van der Waals surface area contributed by atoms with Crippen LogP contribution in [0.25, 0.3) is 11.1 Å². The normalized spacial score (nSPS) is 15.1. The van der Waals surface area contributed by atoms with E-state index in [9.17, 15) is 9.90 Å². The Morgan fingerprint density at radius 2 is 1.96 bits per heavy atom. The summed E-state index contributed by atoms with van der Waals surface area (Å²) in [5.41, 5.74) is 2.24. The average molecular weight is 367 g/mol. The largest absolute Gasteiger partial charge is 0.386 e. The molecule has 3 rings (SSSR count). The predicted octanol–water partition coefficient (Wildman–Crippen LogP) is 3.19. The Bertz CT molecular complexity index is 777. The Balaban J connectivity index is 1.62. The minimum Gasteiger partial charge on any atom is -0.386 e. The first kappa shape index (κ1) is 19.5. The maximum absolute atomic E-state index is 12.5. The molecule has 0 bridgehead atoms. The maximum atomic E-state index is 12.5. The lowest BCUT2D eigenvalue weighted by atomic mass is 9.96. The van der Waals surface area contributed by atoms with Gasteiger partial charge in [0.25, 0.3) is 5.91 Å². The number of nitrogens with zero attached hydrogens (tertiary/aromatic N) is 2. The second kappa shape index (κ2) is 8.63.